The standard InChI is InChI=1S/C8H9ClN2O5S2/c1-5(12)11-18(15,16)8-3-6(9)2-7(4-8)17(10,13)14/h2-4H,1H3,(H,11,12)(H2,10,13,14). The summed E-state index contributed by atoms with van der Waals surface area (Å²) in [7, 11) is -8.27. The lowest BCUT2D eigenvalue weighted by Crippen LogP contribution is -2.28. The molecule has 0 fully saturated rings. The summed E-state index contributed by atoms with van der Waals surface area (Å²) in [5, 5.41) is 4.74. The van der Waals surface area contributed by atoms with Gasteiger partial charge in [0, 0.05) is 11.9 Å². The molecule has 1 amide bonds. The molecular formula is C8H9ClN2O5S2. The lowest BCUT2D eigenvalue weighted by molar-refractivity contribution is -0.117. The molecule has 1 aromatic rings. The van der Waals surface area contributed by atoms with Crippen LogP contribution in [0.2, 0.25) is 5.02 Å². The van der Waals surface area contributed by atoms with Crippen molar-refractivity contribution in [3.05, 3.63) is 23.2 Å². The monoisotopic (exact) mass is 312 g/mol. The summed E-state index contributed by atoms with van der Waals surface area (Å²) in [6.45, 7) is 1.00. The van der Waals surface area contributed by atoms with Gasteiger partial charge in [-0.2, -0.15) is 0 Å². The maximum atomic E-state index is 11.6. The Morgan fingerprint density at radius 3 is 2.11 bits per heavy atom. The zero-order chi connectivity index (χ0) is 14.1. The molecule has 0 aliphatic rings. The summed E-state index contributed by atoms with van der Waals surface area (Å²) in [4.78, 5) is 9.81. The van der Waals surface area contributed by atoms with Gasteiger partial charge in [0.25, 0.3) is 10.0 Å². The van der Waals surface area contributed by atoms with E-state index in [4.69, 9.17) is 16.7 Å². The van der Waals surface area contributed by atoms with Crippen LogP contribution in [0.15, 0.2) is 28.0 Å². The number of halogens is 1. The summed E-state index contributed by atoms with van der Waals surface area (Å²) < 4.78 is 47.2. The van der Waals surface area contributed by atoms with E-state index in [2.05, 4.69) is 0 Å². The fourth-order valence-corrected chi connectivity index (χ4v) is 3.19. The van der Waals surface area contributed by atoms with Crippen LogP contribution in [0.3, 0.4) is 0 Å². The van der Waals surface area contributed by atoms with Gasteiger partial charge in [0.15, 0.2) is 0 Å². The third-order valence-electron chi connectivity index (χ3n) is 1.76. The van der Waals surface area contributed by atoms with Gasteiger partial charge in [-0.05, 0) is 18.2 Å². The van der Waals surface area contributed by atoms with Crippen LogP contribution in [0.25, 0.3) is 0 Å². The highest BCUT2D eigenvalue weighted by atomic mass is 35.5. The molecule has 10 heteroatoms. The number of carbonyl (C=O) groups is 1. The lowest BCUT2D eigenvalue weighted by Gasteiger charge is -2.07. The van der Waals surface area contributed by atoms with Crippen molar-refractivity contribution in [2.75, 3.05) is 0 Å². The van der Waals surface area contributed by atoms with Crippen LogP contribution in [0, 0.1) is 0 Å². The third kappa shape index (κ3) is 3.67. The lowest BCUT2D eigenvalue weighted by atomic mass is 10.4. The number of nitrogens with two attached hydrogens (primary N) is 1. The summed E-state index contributed by atoms with van der Waals surface area (Å²) >= 11 is 5.60. The molecule has 0 bridgehead atoms. The van der Waals surface area contributed by atoms with E-state index in [0.29, 0.717) is 0 Å². The molecule has 3 N–H and O–H groups in total. The molecule has 0 heterocycles. The normalized spacial score (nSPS) is 12.2. The number of rotatable bonds is 3. The molecule has 0 saturated heterocycles. The summed E-state index contributed by atoms with van der Waals surface area (Å²) in [6.07, 6.45) is 0. The van der Waals surface area contributed by atoms with Gasteiger partial charge in [-0.1, -0.05) is 11.6 Å². The second-order valence-electron chi connectivity index (χ2n) is 3.33. The number of amides is 1. The Morgan fingerprint density at radius 2 is 1.67 bits per heavy atom. The van der Waals surface area contributed by atoms with Gasteiger partial charge in [-0.15, -0.1) is 0 Å². The van der Waals surface area contributed by atoms with E-state index >= 15 is 0 Å². The average Bonchev–Trinajstić information content (AvgIpc) is 2.13. The fraction of sp³-hybridized carbons (Fsp3) is 0.125. The first-order valence-electron chi connectivity index (χ1n) is 4.39. The topological polar surface area (TPSA) is 123 Å². The summed E-state index contributed by atoms with van der Waals surface area (Å²) in [5.74, 6) is -0.813. The maximum Gasteiger partial charge on any atom is 0.264 e. The van der Waals surface area contributed by atoms with Crippen molar-refractivity contribution in [3.8, 4) is 0 Å². The molecule has 0 spiro atoms. The highest BCUT2D eigenvalue weighted by molar-refractivity contribution is 7.90. The van der Waals surface area contributed by atoms with Gasteiger partial charge in [-0.3, -0.25) is 4.79 Å². The molecule has 0 unspecified atom stereocenters. The SMILES string of the molecule is CC(=O)NS(=O)(=O)c1cc(Cl)cc(S(N)(=O)=O)c1. The molecule has 7 nitrogen and oxygen atoms in total. The van der Waals surface area contributed by atoms with Gasteiger partial charge in [0.1, 0.15) is 0 Å². The molecule has 100 valence electrons. The molecule has 0 radical (unpaired) electrons. The van der Waals surface area contributed by atoms with E-state index in [1.165, 1.54) is 0 Å². The van der Waals surface area contributed by atoms with Crippen LogP contribution in [0.5, 0.6) is 0 Å². The Kier molecular flexibility index (Phi) is 4.01. The van der Waals surface area contributed by atoms with Gasteiger partial charge in [0.05, 0.1) is 9.79 Å². The van der Waals surface area contributed by atoms with Crippen molar-refractivity contribution in [1.82, 2.24) is 4.72 Å². The van der Waals surface area contributed by atoms with Crippen molar-refractivity contribution in [3.63, 3.8) is 0 Å². The van der Waals surface area contributed by atoms with Crippen LogP contribution in [-0.4, -0.2) is 22.7 Å². The molecule has 0 aliphatic heterocycles. The first-order valence-corrected chi connectivity index (χ1v) is 7.80. The minimum atomic E-state index is -4.17. The highest BCUT2D eigenvalue weighted by Gasteiger charge is 2.19. The second-order valence-corrected chi connectivity index (χ2v) is 7.01. The Bertz CT molecular complexity index is 696. The van der Waals surface area contributed by atoms with Gasteiger partial charge >= 0.3 is 0 Å². The van der Waals surface area contributed by atoms with Crippen LogP contribution >= 0.6 is 11.6 Å². The van der Waals surface area contributed by atoms with Crippen LogP contribution < -0.4 is 9.86 Å². The van der Waals surface area contributed by atoms with E-state index < -0.39 is 35.7 Å². The van der Waals surface area contributed by atoms with Crippen molar-refractivity contribution in [2.24, 2.45) is 5.14 Å². The molecule has 18 heavy (non-hydrogen) atoms. The summed E-state index contributed by atoms with van der Waals surface area (Å²) in [5.41, 5.74) is 0. The van der Waals surface area contributed by atoms with E-state index in [-0.39, 0.29) is 5.02 Å². The molecule has 1 aromatic carbocycles. The van der Waals surface area contributed by atoms with E-state index in [0.717, 1.165) is 25.1 Å². The highest BCUT2D eigenvalue weighted by Crippen LogP contribution is 2.21. The predicted octanol–water partition coefficient (Wildman–Crippen LogP) is -0.188. The number of primary sulfonamides is 1. The number of carbonyl (C=O) groups excluding carboxylic acids is 1. The molecule has 0 aromatic heterocycles. The number of benzene rings is 1. The number of sulfonamides is 2. The third-order valence-corrected chi connectivity index (χ3v) is 4.29. The van der Waals surface area contributed by atoms with Crippen molar-refractivity contribution < 1.29 is 21.6 Å². The Hall–Kier alpha value is -1.16. The smallest absolute Gasteiger partial charge is 0.264 e. The van der Waals surface area contributed by atoms with E-state index in [1.807, 2.05) is 0 Å². The van der Waals surface area contributed by atoms with E-state index in [9.17, 15) is 21.6 Å². The van der Waals surface area contributed by atoms with Crippen molar-refractivity contribution >= 4 is 37.6 Å². The molecular weight excluding hydrogens is 304 g/mol. The first-order chi connectivity index (χ1) is 8.02. The van der Waals surface area contributed by atoms with Crippen molar-refractivity contribution in [1.29, 1.82) is 0 Å². The number of hydrogen-bond acceptors (Lipinski definition) is 5. The zero-order valence-corrected chi connectivity index (χ0v) is 11.4. The minimum absolute atomic E-state index is 0.134. The zero-order valence-electron chi connectivity index (χ0n) is 9.05. The molecule has 0 saturated carbocycles. The van der Waals surface area contributed by atoms with Gasteiger partial charge < -0.3 is 0 Å². The summed E-state index contributed by atoms with van der Waals surface area (Å²) in [6, 6.07) is 2.82. The Balaban J connectivity index is 3.45. The Morgan fingerprint density at radius 1 is 1.17 bits per heavy atom. The minimum Gasteiger partial charge on any atom is -0.274 e. The fourth-order valence-electron chi connectivity index (χ4n) is 1.10. The van der Waals surface area contributed by atoms with E-state index in [1.54, 1.807) is 4.72 Å². The molecule has 0 atom stereocenters. The van der Waals surface area contributed by atoms with Crippen molar-refractivity contribution in [2.45, 2.75) is 16.7 Å². The van der Waals surface area contributed by atoms with Crippen LogP contribution in [0.4, 0.5) is 0 Å². The van der Waals surface area contributed by atoms with Crippen LogP contribution in [0.1, 0.15) is 6.92 Å². The van der Waals surface area contributed by atoms with Crippen LogP contribution in [-0.2, 0) is 24.8 Å². The average molecular weight is 313 g/mol. The first kappa shape index (κ1) is 14.9. The molecule has 1 rings (SSSR count). The predicted molar refractivity (Wildman–Crippen MR) is 63.8 cm³/mol. The molecule has 0 aliphatic carbocycles. The van der Waals surface area contributed by atoms with Gasteiger partial charge in [-0.25, -0.2) is 26.7 Å². The quantitative estimate of drug-likeness (QED) is 0.800. The Labute approximate surface area is 109 Å². The second kappa shape index (κ2) is 4.84. The number of nitrogens with one attached hydrogen (secondary N) is 1. The van der Waals surface area contributed by atoms with Gasteiger partial charge in [0.2, 0.25) is 15.9 Å². The maximum absolute atomic E-state index is 11.6. The largest absolute Gasteiger partial charge is 0.274 e. The number of hydrogen-bond donors (Lipinski definition) is 2.